The largest absolute Gasteiger partial charge is 0.490 e. The van der Waals surface area contributed by atoms with Crippen LogP contribution >= 0.6 is 15.9 Å². The zero-order valence-electron chi connectivity index (χ0n) is 15.6. The summed E-state index contributed by atoms with van der Waals surface area (Å²) in [5.41, 5.74) is 1.19. The normalized spacial score (nSPS) is 15.6. The van der Waals surface area contributed by atoms with Crippen LogP contribution in [-0.4, -0.2) is 57.0 Å². The first-order valence-corrected chi connectivity index (χ1v) is 10.0. The first-order valence-electron chi connectivity index (χ1n) is 9.22. The van der Waals surface area contributed by atoms with Crippen LogP contribution in [0, 0.1) is 0 Å². The number of rotatable bonds is 10. The Kier molecular flexibility index (Phi) is 9.03. The Morgan fingerprint density at radius 2 is 2.00 bits per heavy atom. The van der Waals surface area contributed by atoms with Crippen molar-refractivity contribution in [3.63, 3.8) is 0 Å². The topological polar surface area (TPSA) is 43.0 Å². The van der Waals surface area contributed by atoms with Gasteiger partial charge in [0.15, 0.2) is 11.5 Å². The maximum absolute atomic E-state index is 5.85. The molecule has 1 aromatic rings. The number of nitrogens with one attached hydrogen (secondary N) is 1. The summed E-state index contributed by atoms with van der Waals surface area (Å²) >= 11 is 3.66. The molecule has 0 aliphatic carbocycles. The van der Waals surface area contributed by atoms with E-state index in [2.05, 4.69) is 32.2 Å². The highest BCUT2D eigenvalue weighted by Crippen LogP contribution is 2.34. The molecule has 1 aliphatic heterocycles. The number of morpholine rings is 1. The van der Waals surface area contributed by atoms with Crippen molar-refractivity contribution < 1.29 is 14.2 Å². The molecule has 1 aliphatic rings. The van der Waals surface area contributed by atoms with Crippen molar-refractivity contribution in [1.82, 2.24) is 10.2 Å². The summed E-state index contributed by atoms with van der Waals surface area (Å²) in [7, 11) is 0. The minimum atomic E-state index is 0.121. The van der Waals surface area contributed by atoms with E-state index in [-0.39, 0.29) is 6.10 Å². The summed E-state index contributed by atoms with van der Waals surface area (Å²) in [4.78, 5) is 2.46. The second-order valence-electron chi connectivity index (χ2n) is 6.47. The van der Waals surface area contributed by atoms with Gasteiger partial charge in [-0.3, -0.25) is 4.90 Å². The van der Waals surface area contributed by atoms with Crippen molar-refractivity contribution >= 4 is 15.9 Å². The average molecular weight is 415 g/mol. The molecule has 0 saturated carbocycles. The van der Waals surface area contributed by atoms with Crippen LogP contribution in [0.25, 0.3) is 0 Å². The van der Waals surface area contributed by atoms with Crippen LogP contribution in [0.2, 0.25) is 0 Å². The summed E-state index contributed by atoms with van der Waals surface area (Å²) < 4.78 is 18.0. The van der Waals surface area contributed by atoms with E-state index in [4.69, 9.17) is 14.2 Å². The lowest BCUT2D eigenvalue weighted by atomic mass is 10.2. The molecule has 1 fully saturated rings. The van der Waals surface area contributed by atoms with Crippen LogP contribution in [0.5, 0.6) is 11.5 Å². The van der Waals surface area contributed by atoms with Gasteiger partial charge in [0, 0.05) is 24.1 Å². The quantitative estimate of drug-likeness (QED) is 0.593. The fourth-order valence-electron chi connectivity index (χ4n) is 2.80. The van der Waals surface area contributed by atoms with E-state index in [9.17, 15) is 0 Å². The fraction of sp³-hybridized carbons (Fsp3) is 0.684. The zero-order chi connectivity index (χ0) is 18.1. The van der Waals surface area contributed by atoms with Gasteiger partial charge in [-0.2, -0.15) is 0 Å². The Morgan fingerprint density at radius 3 is 2.68 bits per heavy atom. The summed E-state index contributed by atoms with van der Waals surface area (Å²) in [6.07, 6.45) is 1.26. The first kappa shape index (κ1) is 20.5. The molecule has 5 nitrogen and oxygen atoms in total. The van der Waals surface area contributed by atoms with Crippen molar-refractivity contribution in [1.29, 1.82) is 0 Å². The number of hydrogen-bond acceptors (Lipinski definition) is 5. The van der Waals surface area contributed by atoms with Gasteiger partial charge in [-0.15, -0.1) is 0 Å². The van der Waals surface area contributed by atoms with Crippen molar-refractivity contribution in [3.8, 4) is 11.5 Å². The molecule has 1 heterocycles. The lowest BCUT2D eigenvalue weighted by Gasteiger charge is -2.26. The molecule has 142 valence electrons. The summed E-state index contributed by atoms with van der Waals surface area (Å²) in [5, 5.41) is 3.53. The van der Waals surface area contributed by atoms with Gasteiger partial charge in [0.25, 0.3) is 0 Å². The van der Waals surface area contributed by atoms with Crippen molar-refractivity contribution in [2.24, 2.45) is 0 Å². The standard InChI is InChI=1S/C19H31BrN2O3/c1-4-24-18-12-16(17(20)13-19(18)25-15(2)3)14-21-6-5-7-22-8-10-23-11-9-22/h12-13,15,21H,4-11,14H2,1-3H3. The molecule has 1 N–H and O–H groups in total. The Bertz CT molecular complexity index is 520. The van der Waals surface area contributed by atoms with E-state index in [1.807, 2.05) is 26.8 Å². The van der Waals surface area contributed by atoms with E-state index < -0.39 is 0 Å². The zero-order valence-corrected chi connectivity index (χ0v) is 17.2. The molecule has 0 spiro atoms. The molecule has 0 radical (unpaired) electrons. The predicted octanol–water partition coefficient (Wildman–Crippen LogP) is 3.45. The van der Waals surface area contributed by atoms with Crippen molar-refractivity contribution in [2.45, 2.75) is 39.8 Å². The van der Waals surface area contributed by atoms with Gasteiger partial charge in [-0.25, -0.2) is 0 Å². The van der Waals surface area contributed by atoms with Gasteiger partial charge in [0.05, 0.1) is 25.9 Å². The molecule has 0 amide bonds. The first-order chi connectivity index (χ1) is 12.1. The number of ether oxygens (including phenoxy) is 3. The van der Waals surface area contributed by atoms with Crippen LogP contribution < -0.4 is 14.8 Å². The highest BCUT2D eigenvalue weighted by Gasteiger charge is 2.12. The average Bonchev–Trinajstić information content (AvgIpc) is 2.58. The van der Waals surface area contributed by atoms with Gasteiger partial charge in [-0.1, -0.05) is 15.9 Å². The molecular weight excluding hydrogens is 384 g/mol. The predicted molar refractivity (Wildman–Crippen MR) is 105 cm³/mol. The number of benzene rings is 1. The van der Waals surface area contributed by atoms with Gasteiger partial charge < -0.3 is 19.5 Å². The fourth-order valence-corrected chi connectivity index (χ4v) is 3.27. The lowest BCUT2D eigenvalue weighted by Crippen LogP contribution is -2.37. The molecule has 0 atom stereocenters. The van der Waals surface area contributed by atoms with Crippen molar-refractivity contribution in [2.75, 3.05) is 46.0 Å². The van der Waals surface area contributed by atoms with E-state index in [1.165, 1.54) is 5.56 Å². The maximum Gasteiger partial charge on any atom is 0.162 e. The van der Waals surface area contributed by atoms with Crippen LogP contribution in [0.3, 0.4) is 0 Å². The van der Waals surface area contributed by atoms with Gasteiger partial charge in [0.2, 0.25) is 0 Å². The highest BCUT2D eigenvalue weighted by atomic mass is 79.9. The molecule has 6 heteroatoms. The van der Waals surface area contributed by atoms with E-state index in [0.29, 0.717) is 6.61 Å². The number of nitrogens with zero attached hydrogens (tertiary/aromatic N) is 1. The minimum Gasteiger partial charge on any atom is -0.490 e. The SMILES string of the molecule is CCOc1cc(CNCCCN2CCOCC2)c(Br)cc1OC(C)C. The Morgan fingerprint density at radius 1 is 1.24 bits per heavy atom. The third-order valence-electron chi connectivity index (χ3n) is 4.02. The molecule has 0 unspecified atom stereocenters. The molecule has 1 aromatic carbocycles. The van der Waals surface area contributed by atoms with Gasteiger partial charge >= 0.3 is 0 Å². The number of halogens is 1. The van der Waals surface area contributed by atoms with Crippen LogP contribution in [0.15, 0.2) is 16.6 Å². The minimum absolute atomic E-state index is 0.121. The van der Waals surface area contributed by atoms with Gasteiger partial charge in [0.1, 0.15) is 0 Å². The van der Waals surface area contributed by atoms with E-state index in [0.717, 1.165) is 68.3 Å². The second kappa shape index (κ2) is 11.0. The Balaban J connectivity index is 1.82. The molecule has 2 rings (SSSR count). The van der Waals surface area contributed by atoms with Gasteiger partial charge in [-0.05, 0) is 58.0 Å². The summed E-state index contributed by atoms with van der Waals surface area (Å²) in [6.45, 7) is 13.4. The molecule has 25 heavy (non-hydrogen) atoms. The Hall–Kier alpha value is -0.820. The molecular formula is C19H31BrN2O3. The Labute approximate surface area is 160 Å². The molecule has 1 saturated heterocycles. The maximum atomic E-state index is 5.85. The van der Waals surface area contributed by atoms with Crippen LogP contribution in [0.4, 0.5) is 0 Å². The van der Waals surface area contributed by atoms with Crippen molar-refractivity contribution in [3.05, 3.63) is 22.2 Å². The second-order valence-corrected chi connectivity index (χ2v) is 7.33. The molecule has 0 bridgehead atoms. The monoisotopic (exact) mass is 414 g/mol. The summed E-state index contributed by atoms with van der Waals surface area (Å²) in [5.74, 6) is 1.60. The number of hydrogen-bond donors (Lipinski definition) is 1. The van der Waals surface area contributed by atoms with Crippen LogP contribution in [-0.2, 0) is 11.3 Å². The smallest absolute Gasteiger partial charge is 0.162 e. The van der Waals surface area contributed by atoms with Crippen LogP contribution in [0.1, 0.15) is 32.8 Å². The third kappa shape index (κ3) is 7.13. The third-order valence-corrected chi connectivity index (χ3v) is 4.76. The molecule has 0 aromatic heterocycles. The van der Waals surface area contributed by atoms with E-state index in [1.54, 1.807) is 0 Å². The lowest BCUT2D eigenvalue weighted by molar-refractivity contribution is 0.0374. The highest BCUT2D eigenvalue weighted by molar-refractivity contribution is 9.10. The van der Waals surface area contributed by atoms with E-state index >= 15 is 0 Å². The summed E-state index contributed by atoms with van der Waals surface area (Å²) in [6, 6.07) is 4.08.